The van der Waals surface area contributed by atoms with Gasteiger partial charge in [0, 0.05) is 17.6 Å². The van der Waals surface area contributed by atoms with E-state index in [9.17, 15) is 8.78 Å². The number of hydrogen-bond acceptors (Lipinski definition) is 2. The standard InChI is InChI=1S/C8H8BrF2NO/c9-3-1-6-2-4-12-7(5-6)13-8(10)11/h2,4-5,8H,1,3H2. The normalized spacial score (nSPS) is 10.5. The lowest BCUT2D eigenvalue weighted by Gasteiger charge is -2.04. The van der Waals surface area contributed by atoms with Crippen molar-refractivity contribution in [1.82, 2.24) is 4.98 Å². The molecule has 0 saturated heterocycles. The maximum Gasteiger partial charge on any atom is 0.388 e. The first-order valence-electron chi connectivity index (χ1n) is 3.68. The van der Waals surface area contributed by atoms with Gasteiger partial charge in [-0.05, 0) is 18.1 Å². The molecule has 0 aliphatic carbocycles. The number of halogens is 3. The summed E-state index contributed by atoms with van der Waals surface area (Å²) in [6.45, 7) is -2.81. The van der Waals surface area contributed by atoms with E-state index < -0.39 is 6.61 Å². The van der Waals surface area contributed by atoms with E-state index in [1.165, 1.54) is 12.3 Å². The van der Waals surface area contributed by atoms with Gasteiger partial charge < -0.3 is 4.74 Å². The topological polar surface area (TPSA) is 22.1 Å². The highest BCUT2D eigenvalue weighted by atomic mass is 79.9. The summed E-state index contributed by atoms with van der Waals surface area (Å²) in [6.07, 6.45) is 2.22. The van der Waals surface area contributed by atoms with Crippen LogP contribution in [0.5, 0.6) is 5.88 Å². The molecule has 0 aliphatic rings. The first-order chi connectivity index (χ1) is 6.22. The molecule has 1 heterocycles. The van der Waals surface area contributed by atoms with E-state index in [0.717, 1.165) is 17.3 Å². The minimum atomic E-state index is -2.81. The van der Waals surface area contributed by atoms with Crippen LogP contribution in [0.15, 0.2) is 18.3 Å². The van der Waals surface area contributed by atoms with Gasteiger partial charge in [-0.3, -0.25) is 0 Å². The highest BCUT2D eigenvalue weighted by Crippen LogP contribution is 2.12. The third kappa shape index (κ3) is 3.67. The second-order valence-electron chi connectivity index (χ2n) is 2.32. The Morgan fingerprint density at radius 1 is 1.54 bits per heavy atom. The average molecular weight is 252 g/mol. The van der Waals surface area contributed by atoms with Crippen LogP contribution in [0.4, 0.5) is 8.78 Å². The zero-order valence-corrected chi connectivity index (χ0v) is 8.30. The minimum absolute atomic E-state index is 0.0338. The number of rotatable bonds is 4. The number of hydrogen-bond donors (Lipinski definition) is 0. The molecule has 0 N–H and O–H groups in total. The Kier molecular flexibility index (Phi) is 4.08. The second-order valence-corrected chi connectivity index (χ2v) is 3.11. The van der Waals surface area contributed by atoms with Crippen LogP contribution in [-0.2, 0) is 6.42 Å². The van der Waals surface area contributed by atoms with Gasteiger partial charge >= 0.3 is 6.61 Å². The SMILES string of the molecule is FC(F)Oc1cc(CCBr)ccn1. The van der Waals surface area contributed by atoms with Gasteiger partial charge in [-0.2, -0.15) is 8.78 Å². The first kappa shape index (κ1) is 10.4. The van der Waals surface area contributed by atoms with Crippen LogP contribution in [-0.4, -0.2) is 16.9 Å². The molecule has 1 aromatic heterocycles. The summed E-state index contributed by atoms with van der Waals surface area (Å²) in [4.78, 5) is 3.64. The Labute approximate surface area is 83.1 Å². The molecule has 0 aromatic carbocycles. The molecule has 0 fully saturated rings. The Morgan fingerprint density at radius 2 is 2.31 bits per heavy atom. The van der Waals surface area contributed by atoms with Gasteiger partial charge in [0.15, 0.2) is 0 Å². The van der Waals surface area contributed by atoms with E-state index in [1.807, 2.05) is 0 Å². The second kappa shape index (κ2) is 5.11. The van der Waals surface area contributed by atoms with Crippen molar-refractivity contribution in [2.75, 3.05) is 5.33 Å². The fourth-order valence-corrected chi connectivity index (χ4v) is 1.33. The Balaban J connectivity index is 2.67. The van der Waals surface area contributed by atoms with Crippen LogP contribution in [0.25, 0.3) is 0 Å². The van der Waals surface area contributed by atoms with E-state index >= 15 is 0 Å². The molecule has 72 valence electrons. The van der Waals surface area contributed by atoms with Crippen molar-refractivity contribution in [3.63, 3.8) is 0 Å². The van der Waals surface area contributed by atoms with Gasteiger partial charge in [0.05, 0.1) is 0 Å². The maximum atomic E-state index is 11.8. The molecule has 13 heavy (non-hydrogen) atoms. The van der Waals surface area contributed by atoms with E-state index in [0.29, 0.717) is 0 Å². The zero-order valence-electron chi connectivity index (χ0n) is 6.71. The summed E-state index contributed by atoms with van der Waals surface area (Å²) in [5.74, 6) is -0.0338. The van der Waals surface area contributed by atoms with Gasteiger partial charge in [-0.1, -0.05) is 15.9 Å². The molecule has 5 heteroatoms. The minimum Gasteiger partial charge on any atom is -0.417 e. The Hall–Kier alpha value is -0.710. The lowest BCUT2D eigenvalue weighted by Crippen LogP contribution is -2.03. The third-order valence-electron chi connectivity index (χ3n) is 1.39. The predicted octanol–water partition coefficient (Wildman–Crippen LogP) is 2.62. The molecular formula is C8H8BrF2NO. The van der Waals surface area contributed by atoms with Gasteiger partial charge in [-0.25, -0.2) is 4.98 Å². The number of pyridine rings is 1. The molecule has 0 amide bonds. The smallest absolute Gasteiger partial charge is 0.388 e. The number of ether oxygens (including phenoxy) is 1. The van der Waals surface area contributed by atoms with Gasteiger partial charge in [0.25, 0.3) is 0 Å². The molecular weight excluding hydrogens is 244 g/mol. The quantitative estimate of drug-likeness (QED) is 0.768. The fourth-order valence-electron chi connectivity index (χ4n) is 0.871. The lowest BCUT2D eigenvalue weighted by molar-refractivity contribution is -0.0528. The van der Waals surface area contributed by atoms with Crippen molar-refractivity contribution in [2.45, 2.75) is 13.0 Å². The van der Waals surface area contributed by atoms with Crippen LogP contribution in [0, 0.1) is 0 Å². The van der Waals surface area contributed by atoms with Crippen LogP contribution in [0.1, 0.15) is 5.56 Å². The summed E-state index contributed by atoms with van der Waals surface area (Å²) in [6, 6.07) is 3.27. The summed E-state index contributed by atoms with van der Waals surface area (Å²) in [7, 11) is 0. The Bertz CT molecular complexity index is 270. The van der Waals surface area contributed by atoms with Gasteiger partial charge in [-0.15, -0.1) is 0 Å². The number of aryl methyl sites for hydroxylation is 1. The van der Waals surface area contributed by atoms with Crippen LogP contribution >= 0.6 is 15.9 Å². The van der Waals surface area contributed by atoms with Crippen molar-refractivity contribution in [3.8, 4) is 5.88 Å². The number of aromatic nitrogens is 1. The van der Waals surface area contributed by atoms with Crippen LogP contribution in [0.2, 0.25) is 0 Å². The molecule has 0 radical (unpaired) electrons. The van der Waals surface area contributed by atoms with Crippen LogP contribution in [0.3, 0.4) is 0 Å². The maximum absolute atomic E-state index is 11.8. The molecule has 2 nitrogen and oxygen atoms in total. The average Bonchev–Trinajstić information content (AvgIpc) is 2.04. The monoisotopic (exact) mass is 251 g/mol. The van der Waals surface area contributed by atoms with Gasteiger partial charge in [0.1, 0.15) is 0 Å². The molecule has 0 atom stereocenters. The zero-order chi connectivity index (χ0) is 9.68. The van der Waals surface area contributed by atoms with E-state index in [2.05, 4.69) is 25.7 Å². The largest absolute Gasteiger partial charge is 0.417 e. The molecule has 0 unspecified atom stereocenters. The van der Waals surface area contributed by atoms with Crippen molar-refractivity contribution in [3.05, 3.63) is 23.9 Å². The molecule has 0 aliphatic heterocycles. The summed E-state index contributed by atoms with van der Waals surface area (Å²) < 4.78 is 27.7. The lowest BCUT2D eigenvalue weighted by atomic mass is 10.2. The highest BCUT2D eigenvalue weighted by molar-refractivity contribution is 9.09. The molecule has 0 spiro atoms. The van der Waals surface area contributed by atoms with Crippen molar-refractivity contribution >= 4 is 15.9 Å². The van der Waals surface area contributed by atoms with E-state index in [-0.39, 0.29) is 5.88 Å². The van der Waals surface area contributed by atoms with Crippen molar-refractivity contribution in [1.29, 1.82) is 0 Å². The number of nitrogens with zero attached hydrogens (tertiary/aromatic N) is 1. The van der Waals surface area contributed by atoms with Gasteiger partial charge in [0.2, 0.25) is 5.88 Å². The Morgan fingerprint density at radius 3 is 2.92 bits per heavy atom. The first-order valence-corrected chi connectivity index (χ1v) is 4.80. The van der Waals surface area contributed by atoms with E-state index in [1.54, 1.807) is 6.07 Å². The molecule has 1 rings (SSSR count). The van der Waals surface area contributed by atoms with Crippen LogP contribution < -0.4 is 4.74 Å². The molecule has 0 saturated carbocycles. The van der Waals surface area contributed by atoms with E-state index in [4.69, 9.17) is 0 Å². The summed E-state index contributed by atoms with van der Waals surface area (Å²) >= 11 is 3.25. The summed E-state index contributed by atoms with van der Waals surface area (Å²) in [5.41, 5.74) is 0.919. The van der Waals surface area contributed by atoms with Crippen molar-refractivity contribution in [2.24, 2.45) is 0 Å². The highest BCUT2D eigenvalue weighted by Gasteiger charge is 2.05. The third-order valence-corrected chi connectivity index (χ3v) is 1.79. The fraction of sp³-hybridized carbons (Fsp3) is 0.375. The predicted molar refractivity (Wildman–Crippen MR) is 48.4 cm³/mol. The number of alkyl halides is 3. The molecule has 1 aromatic rings. The molecule has 0 bridgehead atoms. The summed E-state index contributed by atoms with van der Waals surface area (Å²) in [5, 5.41) is 0.783. The van der Waals surface area contributed by atoms with Crippen molar-refractivity contribution < 1.29 is 13.5 Å².